The van der Waals surface area contributed by atoms with Gasteiger partial charge in [-0.05, 0) is 55.3 Å². The molecule has 1 atom stereocenters. The topological polar surface area (TPSA) is 215 Å². The van der Waals surface area contributed by atoms with E-state index in [1.165, 1.54) is 24.3 Å². The number of phenolic OH excluding ortho intramolecular Hbond substituents is 1. The van der Waals surface area contributed by atoms with Gasteiger partial charge in [-0.2, -0.15) is 0 Å². The first-order chi connectivity index (χ1) is 20.5. The number of aromatic carboxylic acids is 1. The quantitative estimate of drug-likeness (QED) is 0.0856. The molecule has 2 aromatic carbocycles. The number of fused-ring (bicyclic) bond motifs is 2. The molecule has 6 N–H and O–H groups in total. The molecule has 1 aliphatic heterocycles. The van der Waals surface area contributed by atoms with Crippen molar-refractivity contribution in [3.8, 4) is 28.2 Å². The molecule has 0 spiro atoms. The molecule has 1 heterocycles. The van der Waals surface area contributed by atoms with E-state index in [0.29, 0.717) is 27.6 Å². The molecular weight excluding hydrogens is 623 g/mol. The van der Waals surface area contributed by atoms with Crippen LogP contribution in [0.25, 0.3) is 33.4 Å². The number of benzene rings is 3. The summed E-state index contributed by atoms with van der Waals surface area (Å²) in [6.07, 6.45) is 0.164. The van der Waals surface area contributed by atoms with E-state index in [4.69, 9.17) is 14.6 Å². The Morgan fingerprint density at radius 3 is 2.20 bits per heavy atom. The van der Waals surface area contributed by atoms with E-state index in [1.807, 2.05) is 0 Å². The summed E-state index contributed by atoms with van der Waals surface area (Å²) in [4.78, 5) is 59.1. The Morgan fingerprint density at radius 1 is 0.886 bits per heavy atom. The number of phenols is 1. The third kappa shape index (κ3) is 7.59. The van der Waals surface area contributed by atoms with E-state index >= 15 is 0 Å². The zero-order valence-corrected chi connectivity index (χ0v) is 24.0. The van der Waals surface area contributed by atoms with E-state index in [-0.39, 0.29) is 70.8 Å². The van der Waals surface area contributed by atoms with E-state index < -0.39 is 43.0 Å². The number of nitrogens with one attached hydrogen (secondary N) is 1. The van der Waals surface area contributed by atoms with Gasteiger partial charge < -0.3 is 35.3 Å². The first kappa shape index (κ1) is 33.7. The van der Waals surface area contributed by atoms with Gasteiger partial charge >= 0.3 is 40.7 Å². The van der Waals surface area contributed by atoms with Crippen molar-refractivity contribution in [3.05, 3.63) is 75.9 Å². The van der Waals surface area contributed by atoms with Crippen LogP contribution in [0.15, 0.2) is 63.8 Å². The van der Waals surface area contributed by atoms with Crippen LogP contribution in [0, 0.1) is 0 Å². The molecule has 0 aromatic heterocycles. The maximum Gasteiger partial charge on any atom is 2.00 e. The molecular formula is C30H28CoN2O11+2. The van der Waals surface area contributed by atoms with Crippen LogP contribution in [-0.2, 0) is 37.7 Å². The van der Waals surface area contributed by atoms with Gasteiger partial charge in [0.25, 0.3) is 0 Å². The zero-order chi connectivity index (χ0) is 31.3. The molecule has 0 fully saturated rings. The normalized spacial score (nSPS) is 11.8. The molecule has 1 aliphatic carbocycles. The molecule has 44 heavy (non-hydrogen) atoms. The molecule has 13 nitrogen and oxygen atoms in total. The van der Waals surface area contributed by atoms with Gasteiger partial charge in [0.2, 0.25) is 0 Å². The predicted octanol–water partition coefficient (Wildman–Crippen LogP) is 2.76. The fraction of sp³-hybridized carbons (Fsp3) is 0.233. The minimum Gasteiger partial charge on any atom is -0.507 e. The summed E-state index contributed by atoms with van der Waals surface area (Å²) in [5.41, 5.74) is 1.59. The summed E-state index contributed by atoms with van der Waals surface area (Å²) >= 11 is 0. The monoisotopic (exact) mass is 651 g/mol. The predicted molar refractivity (Wildman–Crippen MR) is 152 cm³/mol. The molecule has 0 bridgehead atoms. The van der Waals surface area contributed by atoms with Crippen molar-refractivity contribution >= 4 is 34.8 Å². The molecule has 14 heteroatoms. The van der Waals surface area contributed by atoms with Crippen molar-refractivity contribution in [2.24, 2.45) is 0 Å². The van der Waals surface area contributed by atoms with Gasteiger partial charge in [0, 0.05) is 29.1 Å². The number of aliphatic carboxylic acids is 3. The van der Waals surface area contributed by atoms with Crippen molar-refractivity contribution in [2.75, 3.05) is 19.6 Å². The molecule has 0 saturated carbocycles. The van der Waals surface area contributed by atoms with Crippen molar-refractivity contribution in [1.29, 1.82) is 0 Å². The van der Waals surface area contributed by atoms with Crippen LogP contribution >= 0.6 is 0 Å². The minimum atomic E-state index is -1.36. The van der Waals surface area contributed by atoms with Crippen LogP contribution in [-0.4, -0.2) is 80.0 Å². The average Bonchev–Trinajstić information content (AvgIpc) is 2.93. The Morgan fingerprint density at radius 2 is 1.57 bits per heavy atom. The Bertz CT molecular complexity index is 1720. The number of carbonyl (C=O) groups is 4. The van der Waals surface area contributed by atoms with Crippen molar-refractivity contribution in [2.45, 2.75) is 25.4 Å². The summed E-state index contributed by atoms with van der Waals surface area (Å²) in [6.45, 7) is -1.27. The molecule has 1 radical (unpaired) electrons. The first-order valence-electron chi connectivity index (χ1n) is 13.1. The Labute approximate surface area is 259 Å². The smallest absolute Gasteiger partial charge is 0.507 e. The summed E-state index contributed by atoms with van der Waals surface area (Å²) < 4.78 is 6.09. The number of carboxylic acids is 4. The van der Waals surface area contributed by atoms with Crippen LogP contribution in [0.2, 0.25) is 0 Å². The number of rotatable bonds is 14. The molecule has 2 aromatic rings. The fourth-order valence-electron chi connectivity index (χ4n) is 5.05. The zero-order valence-electron chi connectivity index (χ0n) is 23.0. The van der Waals surface area contributed by atoms with Gasteiger partial charge in [0.15, 0.2) is 5.43 Å². The summed E-state index contributed by atoms with van der Waals surface area (Å²) in [5.74, 6) is -5.18. The second-order valence-corrected chi connectivity index (χ2v) is 9.79. The number of hydrogen-bond acceptors (Lipinski definition) is 9. The summed E-state index contributed by atoms with van der Waals surface area (Å²) in [7, 11) is 0. The van der Waals surface area contributed by atoms with Gasteiger partial charge in [-0.25, -0.2) is 4.79 Å². The standard InChI is InChI=1S/C30H28N2O11.Co/c33-16-7-8-19-24(12-16)43-28-20(27(19)17-4-1-2-5-18(17)29(39)40)9-10-23(34)21(28)13-31-11-3-6-22(30(41)42)32(14-25(35)36)15-26(37)38;/h1-2,4-5,7-10,12,22,31,34H,3,6,11,13-15H2,(H,35,36)(H,37,38)(H,39,40)(H,41,42);/q;+2. The third-order valence-corrected chi connectivity index (χ3v) is 6.90. The average molecular weight is 651 g/mol. The second kappa shape index (κ2) is 14.6. The Hall–Kier alpha value is -4.76. The van der Waals surface area contributed by atoms with Gasteiger partial charge in [-0.1, -0.05) is 18.2 Å². The Kier molecular flexibility index (Phi) is 11.2. The van der Waals surface area contributed by atoms with Crippen molar-refractivity contribution in [3.63, 3.8) is 0 Å². The number of aromatic hydroxyl groups is 1. The number of nitrogens with zero attached hydrogens (tertiary/aromatic N) is 1. The van der Waals surface area contributed by atoms with E-state index in [1.54, 1.807) is 30.3 Å². The maximum absolute atomic E-state index is 12.2. The van der Waals surface area contributed by atoms with Gasteiger partial charge in [-0.3, -0.25) is 24.1 Å². The van der Waals surface area contributed by atoms with Crippen LogP contribution in [0.3, 0.4) is 0 Å². The summed E-state index contributed by atoms with van der Waals surface area (Å²) in [5, 5.41) is 51.9. The molecule has 4 rings (SSSR count). The first-order valence-corrected chi connectivity index (χ1v) is 13.1. The van der Waals surface area contributed by atoms with Gasteiger partial charge in [0.1, 0.15) is 23.1 Å². The van der Waals surface area contributed by atoms with Crippen LogP contribution in [0.1, 0.15) is 28.8 Å². The van der Waals surface area contributed by atoms with E-state index in [9.17, 15) is 39.3 Å². The van der Waals surface area contributed by atoms with E-state index in [2.05, 4.69) is 5.32 Å². The van der Waals surface area contributed by atoms with Crippen LogP contribution in [0.4, 0.5) is 0 Å². The van der Waals surface area contributed by atoms with Gasteiger partial charge in [0.05, 0.1) is 24.2 Å². The SMILES string of the molecule is O=C(O)CN(CC(=O)O)C(CCCNCc1c(O)ccc2c(-c3ccccc3C(=O)O)c3ccc(=O)cc-3oc12)C(=O)O.[Co+2]. The molecule has 2 aliphatic rings. The Balaban J connectivity index is 0.00000529. The van der Waals surface area contributed by atoms with Crippen molar-refractivity contribution < 1.29 is 65.9 Å². The van der Waals surface area contributed by atoms with E-state index in [0.717, 1.165) is 4.90 Å². The van der Waals surface area contributed by atoms with Crippen LogP contribution < -0.4 is 10.7 Å². The van der Waals surface area contributed by atoms with Crippen molar-refractivity contribution in [1.82, 2.24) is 10.2 Å². The molecule has 1 unspecified atom stereocenters. The number of carboxylic acid groups (broad SMARTS) is 4. The van der Waals surface area contributed by atoms with Gasteiger partial charge in [-0.15, -0.1) is 0 Å². The second-order valence-electron chi connectivity index (χ2n) is 9.79. The fourth-order valence-corrected chi connectivity index (χ4v) is 5.05. The molecule has 0 saturated heterocycles. The third-order valence-electron chi connectivity index (χ3n) is 6.90. The largest absolute Gasteiger partial charge is 2.00 e. The summed E-state index contributed by atoms with van der Waals surface area (Å²) in [6, 6.07) is 12.2. The minimum absolute atomic E-state index is 0. The number of hydrogen-bond donors (Lipinski definition) is 6. The maximum atomic E-state index is 12.2. The molecule has 231 valence electrons. The molecule has 0 amide bonds. The van der Waals surface area contributed by atoms with Crippen LogP contribution in [0.5, 0.6) is 5.75 Å².